The molecule has 0 bridgehead atoms. The number of carbonyl (C=O) groups is 2. The van der Waals surface area contributed by atoms with Crippen molar-refractivity contribution in [1.82, 2.24) is 0 Å². The van der Waals surface area contributed by atoms with Gasteiger partial charge in [0.15, 0.2) is 0 Å². The lowest BCUT2D eigenvalue weighted by Crippen LogP contribution is -2.21. The standard InChI is InChI=1S/C16H14ClNO6S/c1-23-16(20)14(10-5-3-2-4-6-10)24-15(19)11-7-8-12(17)13(9-11)25(18,21)22/h2-9,14H,1H3,(H2,18,21,22)/t14-/m1/s1. The summed E-state index contributed by atoms with van der Waals surface area (Å²) in [4.78, 5) is 23.8. The molecule has 0 spiro atoms. The van der Waals surface area contributed by atoms with Gasteiger partial charge in [0, 0.05) is 5.56 Å². The van der Waals surface area contributed by atoms with Gasteiger partial charge in [0.25, 0.3) is 0 Å². The smallest absolute Gasteiger partial charge is 0.351 e. The fourth-order valence-electron chi connectivity index (χ4n) is 2.01. The van der Waals surface area contributed by atoms with Gasteiger partial charge in [0.05, 0.1) is 17.7 Å². The highest BCUT2D eigenvalue weighted by Crippen LogP contribution is 2.24. The van der Waals surface area contributed by atoms with Crippen LogP contribution in [0.4, 0.5) is 0 Å². The number of methoxy groups -OCH3 is 1. The molecule has 0 aliphatic rings. The van der Waals surface area contributed by atoms with Crippen LogP contribution in [-0.4, -0.2) is 27.5 Å². The topological polar surface area (TPSA) is 113 Å². The number of rotatable bonds is 5. The van der Waals surface area contributed by atoms with Crippen LogP contribution in [0.2, 0.25) is 5.02 Å². The zero-order valence-corrected chi connectivity index (χ0v) is 14.6. The summed E-state index contributed by atoms with van der Waals surface area (Å²) in [5, 5.41) is 4.92. The van der Waals surface area contributed by atoms with Gasteiger partial charge in [-0.25, -0.2) is 23.1 Å². The second-order valence-corrected chi connectivity index (χ2v) is 6.85. The Kier molecular flexibility index (Phi) is 5.78. The Balaban J connectivity index is 2.35. The van der Waals surface area contributed by atoms with E-state index in [-0.39, 0.29) is 10.6 Å². The fraction of sp³-hybridized carbons (Fsp3) is 0.125. The zero-order valence-electron chi connectivity index (χ0n) is 13.0. The predicted molar refractivity (Wildman–Crippen MR) is 89.4 cm³/mol. The van der Waals surface area contributed by atoms with E-state index in [1.807, 2.05) is 0 Å². The van der Waals surface area contributed by atoms with Crippen LogP contribution < -0.4 is 5.14 Å². The molecular formula is C16H14ClNO6S. The number of benzene rings is 2. The number of hydrogen-bond donors (Lipinski definition) is 1. The minimum Gasteiger partial charge on any atom is -0.466 e. The molecule has 0 saturated heterocycles. The number of primary sulfonamides is 1. The maximum atomic E-state index is 12.3. The molecule has 0 unspecified atom stereocenters. The Morgan fingerprint density at radius 3 is 2.32 bits per heavy atom. The second kappa shape index (κ2) is 7.64. The van der Waals surface area contributed by atoms with Gasteiger partial charge in [0.1, 0.15) is 4.90 Å². The summed E-state index contributed by atoms with van der Waals surface area (Å²) in [7, 11) is -2.96. The third-order valence-electron chi connectivity index (χ3n) is 3.22. The van der Waals surface area contributed by atoms with Gasteiger partial charge < -0.3 is 9.47 Å². The van der Waals surface area contributed by atoms with Crippen molar-refractivity contribution in [1.29, 1.82) is 0 Å². The normalized spacial score (nSPS) is 12.3. The number of carbonyl (C=O) groups excluding carboxylic acids is 2. The second-order valence-electron chi connectivity index (χ2n) is 4.91. The lowest BCUT2D eigenvalue weighted by Gasteiger charge is -2.16. The van der Waals surface area contributed by atoms with Crippen LogP contribution in [0.5, 0.6) is 0 Å². The Hall–Kier alpha value is -2.42. The molecule has 0 aromatic heterocycles. The van der Waals surface area contributed by atoms with E-state index in [0.29, 0.717) is 5.56 Å². The van der Waals surface area contributed by atoms with Gasteiger partial charge >= 0.3 is 11.9 Å². The molecule has 25 heavy (non-hydrogen) atoms. The average Bonchev–Trinajstić information content (AvgIpc) is 2.59. The number of halogens is 1. The number of hydrogen-bond acceptors (Lipinski definition) is 6. The molecular weight excluding hydrogens is 370 g/mol. The van der Waals surface area contributed by atoms with Gasteiger partial charge in [0.2, 0.25) is 16.1 Å². The summed E-state index contributed by atoms with van der Waals surface area (Å²) in [5.74, 6) is -1.71. The van der Waals surface area contributed by atoms with Crippen molar-refractivity contribution in [2.75, 3.05) is 7.11 Å². The van der Waals surface area contributed by atoms with Crippen molar-refractivity contribution < 1.29 is 27.5 Å². The first-order valence-corrected chi connectivity index (χ1v) is 8.82. The molecule has 2 rings (SSSR count). The third kappa shape index (κ3) is 4.56. The predicted octanol–water partition coefficient (Wildman–Crippen LogP) is 2.06. The molecule has 2 aromatic carbocycles. The average molecular weight is 384 g/mol. The Labute approximate surface area is 149 Å². The molecule has 9 heteroatoms. The van der Waals surface area contributed by atoms with Gasteiger partial charge in [-0.2, -0.15) is 0 Å². The van der Waals surface area contributed by atoms with Gasteiger partial charge in [-0.15, -0.1) is 0 Å². The molecule has 7 nitrogen and oxygen atoms in total. The van der Waals surface area contributed by atoms with Crippen LogP contribution in [0.25, 0.3) is 0 Å². The van der Waals surface area contributed by atoms with Crippen LogP contribution in [-0.2, 0) is 24.3 Å². The highest BCUT2D eigenvalue weighted by Gasteiger charge is 2.27. The molecule has 2 aromatic rings. The van der Waals surface area contributed by atoms with Crippen molar-refractivity contribution >= 4 is 33.6 Å². The summed E-state index contributed by atoms with van der Waals surface area (Å²) in [5.41, 5.74) is 0.279. The zero-order chi connectivity index (χ0) is 18.6. The fourth-order valence-corrected chi connectivity index (χ4v) is 3.08. The Morgan fingerprint density at radius 2 is 1.76 bits per heavy atom. The first-order valence-electron chi connectivity index (χ1n) is 6.90. The minimum atomic E-state index is -4.12. The molecule has 0 aliphatic heterocycles. The molecule has 0 fully saturated rings. The highest BCUT2D eigenvalue weighted by molar-refractivity contribution is 7.89. The van der Waals surface area contributed by atoms with E-state index in [0.717, 1.165) is 13.2 Å². The number of nitrogens with two attached hydrogens (primary N) is 1. The number of ether oxygens (including phenoxy) is 2. The van der Waals surface area contributed by atoms with Crippen molar-refractivity contribution in [3.8, 4) is 0 Å². The van der Waals surface area contributed by atoms with E-state index >= 15 is 0 Å². The first-order chi connectivity index (χ1) is 11.7. The summed E-state index contributed by atoms with van der Waals surface area (Å²) in [6.07, 6.45) is -1.30. The Bertz CT molecular complexity index is 898. The maximum Gasteiger partial charge on any atom is 0.351 e. The van der Waals surface area contributed by atoms with E-state index in [1.165, 1.54) is 12.1 Å². The van der Waals surface area contributed by atoms with Crippen LogP contribution >= 0.6 is 11.6 Å². The lowest BCUT2D eigenvalue weighted by molar-refractivity contribution is -0.151. The molecule has 0 amide bonds. The maximum absolute atomic E-state index is 12.3. The van der Waals surface area contributed by atoms with Gasteiger partial charge in [-0.1, -0.05) is 41.9 Å². The molecule has 0 saturated carbocycles. The highest BCUT2D eigenvalue weighted by atomic mass is 35.5. The lowest BCUT2D eigenvalue weighted by atomic mass is 10.1. The van der Waals surface area contributed by atoms with Gasteiger partial charge in [-0.05, 0) is 18.2 Å². The van der Waals surface area contributed by atoms with Crippen LogP contribution in [0, 0.1) is 0 Å². The number of sulfonamides is 1. The van der Waals surface area contributed by atoms with Crippen molar-refractivity contribution in [3.63, 3.8) is 0 Å². The minimum absolute atomic E-state index is 0.127. The third-order valence-corrected chi connectivity index (χ3v) is 4.61. The largest absolute Gasteiger partial charge is 0.466 e. The molecule has 0 radical (unpaired) electrons. The molecule has 2 N–H and O–H groups in total. The summed E-state index contributed by atoms with van der Waals surface area (Å²) < 4.78 is 32.8. The SMILES string of the molecule is COC(=O)[C@H](OC(=O)c1ccc(Cl)c(S(N)(=O)=O)c1)c1ccccc1. The van der Waals surface area contributed by atoms with Crippen molar-refractivity contribution in [3.05, 3.63) is 64.7 Å². The van der Waals surface area contributed by atoms with Crippen LogP contribution in [0.1, 0.15) is 22.0 Å². The first kappa shape index (κ1) is 18.9. The number of esters is 2. The molecule has 0 aliphatic carbocycles. The van der Waals surface area contributed by atoms with E-state index in [4.69, 9.17) is 21.5 Å². The van der Waals surface area contributed by atoms with Crippen molar-refractivity contribution in [2.45, 2.75) is 11.0 Å². The molecule has 1 atom stereocenters. The monoisotopic (exact) mass is 383 g/mol. The molecule has 0 heterocycles. The Morgan fingerprint density at radius 1 is 1.12 bits per heavy atom. The molecule has 132 valence electrons. The van der Waals surface area contributed by atoms with E-state index in [1.54, 1.807) is 30.3 Å². The van der Waals surface area contributed by atoms with E-state index in [9.17, 15) is 18.0 Å². The van der Waals surface area contributed by atoms with E-state index < -0.39 is 33.0 Å². The summed E-state index contributed by atoms with van der Waals surface area (Å²) in [6, 6.07) is 11.7. The van der Waals surface area contributed by atoms with Crippen LogP contribution in [0.3, 0.4) is 0 Å². The quantitative estimate of drug-likeness (QED) is 0.790. The van der Waals surface area contributed by atoms with E-state index in [2.05, 4.69) is 4.74 Å². The van der Waals surface area contributed by atoms with Crippen molar-refractivity contribution in [2.24, 2.45) is 5.14 Å². The van der Waals surface area contributed by atoms with Gasteiger partial charge in [-0.3, -0.25) is 0 Å². The summed E-state index contributed by atoms with van der Waals surface area (Å²) >= 11 is 5.77. The summed E-state index contributed by atoms with van der Waals surface area (Å²) in [6.45, 7) is 0. The van der Waals surface area contributed by atoms with Crippen LogP contribution in [0.15, 0.2) is 53.4 Å².